The molecule has 0 spiro atoms. The largest absolute Gasteiger partial charge is 0.487 e. The van der Waals surface area contributed by atoms with Crippen LogP contribution in [0.2, 0.25) is 0 Å². The summed E-state index contributed by atoms with van der Waals surface area (Å²) < 4.78 is 20.1. The minimum Gasteiger partial charge on any atom is -0.487 e. The molecule has 0 radical (unpaired) electrons. The van der Waals surface area contributed by atoms with E-state index in [0.717, 1.165) is 11.2 Å². The minimum atomic E-state index is -0.454. The molecule has 0 atom stereocenters. The average molecular weight is 361 g/mol. The van der Waals surface area contributed by atoms with Gasteiger partial charge in [-0.2, -0.15) is 0 Å². The Morgan fingerprint density at radius 2 is 1.93 bits per heavy atom. The Labute approximate surface area is 154 Å². The number of hydrogen-bond donors (Lipinski definition) is 2. The summed E-state index contributed by atoms with van der Waals surface area (Å²) in [4.78, 5) is 12.6. The van der Waals surface area contributed by atoms with Gasteiger partial charge in [0, 0.05) is 23.3 Å². The summed E-state index contributed by atoms with van der Waals surface area (Å²) in [6.07, 6.45) is 3.11. The van der Waals surface area contributed by atoms with E-state index in [1.54, 1.807) is 36.5 Å². The van der Waals surface area contributed by atoms with Gasteiger partial charge in [0.1, 0.15) is 30.3 Å². The molecular formula is C20H16FN5O. The predicted octanol–water partition coefficient (Wildman–Crippen LogP) is 4.07. The van der Waals surface area contributed by atoms with E-state index in [-0.39, 0.29) is 12.3 Å². The Morgan fingerprint density at radius 1 is 1.00 bits per heavy atom. The third-order valence-corrected chi connectivity index (χ3v) is 3.97. The zero-order valence-corrected chi connectivity index (χ0v) is 14.3. The highest BCUT2D eigenvalue weighted by Gasteiger charge is 2.09. The molecule has 0 unspecified atom stereocenters. The molecule has 0 saturated heterocycles. The summed E-state index contributed by atoms with van der Waals surface area (Å²) >= 11 is 0. The lowest BCUT2D eigenvalue weighted by Crippen LogP contribution is -2.01. The van der Waals surface area contributed by atoms with Crippen LogP contribution in [0, 0.1) is 5.82 Å². The van der Waals surface area contributed by atoms with Crippen molar-refractivity contribution in [2.75, 3.05) is 11.1 Å². The monoisotopic (exact) mass is 361 g/mol. The fourth-order valence-electron chi connectivity index (χ4n) is 2.63. The second-order valence-electron chi connectivity index (χ2n) is 5.88. The molecule has 2 aromatic heterocycles. The molecule has 0 saturated carbocycles. The molecule has 4 aromatic rings. The molecule has 27 heavy (non-hydrogen) atoms. The van der Waals surface area contributed by atoms with Crippen molar-refractivity contribution in [2.45, 2.75) is 6.61 Å². The van der Waals surface area contributed by atoms with E-state index in [4.69, 9.17) is 10.5 Å². The molecule has 0 bridgehead atoms. The van der Waals surface area contributed by atoms with Crippen molar-refractivity contribution >= 4 is 28.1 Å². The van der Waals surface area contributed by atoms with E-state index in [2.05, 4.69) is 20.3 Å². The number of anilines is 3. The van der Waals surface area contributed by atoms with Gasteiger partial charge in [0.05, 0.1) is 16.9 Å². The lowest BCUT2D eigenvalue weighted by Gasteiger charge is -2.11. The number of nitrogens with two attached hydrogens (primary N) is 1. The Kier molecular flexibility index (Phi) is 4.49. The number of nitrogen functional groups attached to an aromatic ring is 1. The Balaban J connectivity index is 1.54. The van der Waals surface area contributed by atoms with Crippen LogP contribution in [0.15, 0.2) is 67.1 Å². The summed E-state index contributed by atoms with van der Waals surface area (Å²) in [5.74, 6) is 0.443. The molecule has 2 aromatic carbocycles. The van der Waals surface area contributed by atoms with Crippen LogP contribution in [-0.4, -0.2) is 15.0 Å². The van der Waals surface area contributed by atoms with E-state index >= 15 is 0 Å². The van der Waals surface area contributed by atoms with E-state index in [1.165, 1.54) is 12.4 Å². The predicted molar refractivity (Wildman–Crippen MR) is 102 cm³/mol. The highest BCUT2D eigenvalue weighted by atomic mass is 19.1. The molecule has 134 valence electrons. The number of ether oxygens (including phenoxy) is 1. The summed E-state index contributed by atoms with van der Waals surface area (Å²) in [7, 11) is 0. The molecule has 7 heteroatoms. The molecule has 2 heterocycles. The second-order valence-corrected chi connectivity index (χ2v) is 5.88. The van der Waals surface area contributed by atoms with Crippen LogP contribution in [-0.2, 0) is 6.61 Å². The Hall–Kier alpha value is -3.74. The topological polar surface area (TPSA) is 86.0 Å². The summed E-state index contributed by atoms with van der Waals surface area (Å²) in [5.41, 5.74) is 8.19. The normalized spacial score (nSPS) is 10.7. The fraction of sp³-hybridized carbons (Fsp3) is 0.0500. The van der Waals surface area contributed by atoms with Crippen LogP contribution in [0.5, 0.6) is 5.75 Å². The zero-order chi connectivity index (χ0) is 18.6. The van der Waals surface area contributed by atoms with Crippen molar-refractivity contribution in [3.8, 4) is 5.75 Å². The molecule has 0 aliphatic carbocycles. The quantitative estimate of drug-likeness (QED) is 0.521. The average Bonchev–Trinajstić information content (AvgIpc) is 2.69. The fourth-order valence-corrected chi connectivity index (χ4v) is 2.63. The number of fused-ring (bicyclic) bond motifs is 1. The highest BCUT2D eigenvalue weighted by molar-refractivity contribution is 5.92. The molecular weight excluding hydrogens is 345 g/mol. The van der Waals surface area contributed by atoms with Crippen molar-refractivity contribution in [1.82, 2.24) is 15.0 Å². The van der Waals surface area contributed by atoms with E-state index in [9.17, 15) is 4.39 Å². The van der Waals surface area contributed by atoms with Gasteiger partial charge in [0.15, 0.2) is 0 Å². The molecule has 6 nitrogen and oxygen atoms in total. The van der Waals surface area contributed by atoms with Gasteiger partial charge in [-0.1, -0.05) is 6.07 Å². The second kappa shape index (κ2) is 7.25. The maximum absolute atomic E-state index is 14.5. The standard InChI is InChI=1S/C20H16FN5O/c21-17-10-15(27-11-14-3-1-2-8-23-14)5-7-19(17)26-20-16-9-13(22)4-6-18(16)24-12-25-20/h1-10,12H,11,22H2,(H,24,25,26). The van der Waals surface area contributed by atoms with Gasteiger partial charge in [0.2, 0.25) is 0 Å². The van der Waals surface area contributed by atoms with Gasteiger partial charge in [0.25, 0.3) is 0 Å². The summed E-state index contributed by atoms with van der Waals surface area (Å²) in [6.45, 7) is 0.267. The number of rotatable bonds is 5. The van der Waals surface area contributed by atoms with Gasteiger partial charge in [-0.05, 0) is 42.5 Å². The smallest absolute Gasteiger partial charge is 0.150 e. The van der Waals surface area contributed by atoms with Gasteiger partial charge in [-0.3, -0.25) is 4.98 Å². The van der Waals surface area contributed by atoms with Crippen LogP contribution in [0.25, 0.3) is 10.9 Å². The van der Waals surface area contributed by atoms with Crippen LogP contribution < -0.4 is 15.8 Å². The van der Waals surface area contributed by atoms with Crippen molar-refractivity contribution in [2.24, 2.45) is 0 Å². The third-order valence-electron chi connectivity index (χ3n) is 3.97. The lowest BCUT2D eigenvalue weighted by atomic mass is 10.2. The van der Waals surface area contributed by atoms with E-state index in [0.29, 0.717) is 22.6 Å². The first-order valence-electron chi connectivity index (χ1n) is 8.28. The molecule has 0 amide bonds. The van der Waals surface area contributed by atoms with Crippen LogP contribution in [0.4, 0.5) is 21.6 Å². The number of nitrogens with one attached hydrogen (secondary N) is 1. The van der Waals surface area contributed by atoms with E-state index < -0.39 is 5.82 Å². The van der Waals surface area contributed by atoms with Crippen LogP contribution in [0.1, 0.15) is 5.69 Å². The van der Waals surface area contributed by atoms with Crippen LogP contribution >= 0.6 is 0 Å². The van der Waals surface area contributed by atoms with Gasteiger partial charge < -0.3 is 15.8 Å². The number of halogens is 1. The number of pyridine rings is 1. The van der Waals surface area contributed by atoms with Crippen molar-refractivity contribution in [1.29, 1.82) is 0 Å². The third kappa shape index (κ3) is 3.77. The number of nitrogens with zero attached hydrogens (tertiary/aromatic N) is 3. The highest BCUT2D eigenvalue weighted by Crippen LogP contribution is 2.28. The minimum absolute atomic E-state index is 0.267. The van der Waals surface area contributed by atoms with Gasteiger partial charge in [-0.25, -0.2) is 14.4 Å². The lowest BCUT2D eigenvalue weighted by molar-refractivity contribution is 0.300. The first-order valence-corrected chi connectivity index (χ1v) is 8.28. The zero-order valence-electron chi connectivity index (χ0n) is 14.3. The van der Waals surface area contributed by atoms with Crippen molar-refractivity contribution < 1.29 is 9.13 Å². The first-order chi connectivity index (χ1) is 13.2. The molecule has 0 fully saturated rings. The SMILES string of the molecule is Nc1ccc2ncnc(Nc3ccc(OCc4ccccn4)cc3F)c2c1. The summed E-state index contributed by atoms with van der Waals surface area (Å²) in [6, 6.07) is 15.5. The summed E-state index contributed by atoms with van der Waals surface area (Å²) in [5, 5.41) is 3.71. The first kappa shape index (κ1) is 16.7. The molecule has 0 aliphatic rings. The molecule has 3 N–H and O–H groups in total. The maximum Gasteiger partial charge on any atom is 0.150 e. The maximum atomic E-state index is 14.5. The van der Waals surface area contributed by atoms with Gasteiger partial charge >= 0.3 is 0 Å². The number of benzene rings is 2. The Morgan fingerprint density at radius 3 is 2.74 bits per heavy atom. The molecule has 4 rings (SSSR count). The number of hydrogen-bond acceptors (Lipinski definition) is 6. The molecule has 0 aliphatic heterocycles. The van der Waals surface area contributed by atoms with Gasteiger partial charge in [-0.15, -0.1) is 0 Å². The van der Waals surface area contributed by atoms with Crippen LogP contribution in [0.3, 0.4) is 0 Å². The number of aromatic nitrogens is 3. The Bertz CT molecular complexity index is 1090. The van der Waals surface area contributed by atoms with Crippen molar-refractivity contribution in [3.05, 3.63) is 78.6 Å². The van der Waals surface area contributed by atoms with Crippen molar-refractivity contribution in [3.63, 3.8) is 0 Å². The van der Waals surface area contributed by atoms with E-state index in [1.807, 2.05) is 18.2 Å².